The van der Waals surface area contributed by atoms with Gasteiger partial charge in [0.2, 0.25) is 0 Å². The molecule has 1 aromatic carbocycles. The average molecular weight is 465 g/mol. The van der Waals surface area contributed by atoms with E-state index in [4.69, 9.17) is 4.74 Å². The quantitative estimate of drug-likeness (QED) is 0.144. The van der Waals surface area contributed by atoms with Gasteiger partial charge < -0.3 is 4.74 Å². The molecule has 1 aromatic heterocycles. The van der Waals surface area contributed by atoms with Crippen LogP contribution in [0.25, 0.3) is 11.4 Å². The highest BCUT2D eigenvalue weighted by atomic mass is 16.5. The number of rotatable bonds is 20. The van der Waals surface area contributed by atoms with Gasteiger partial charge >= 0.3 is 0 Å². The van der Waals surface area contributed by atoms with Crippen molar-refractivity contribution in [3.05, 3.63) is 54.6 Å². The van der Waals surface area contributed by atoms with Gasteiger partial charge in [0.15, 0.2) is 5.82 Å². The largest absolute Gasteiger partial charge is 0.465 e. The SMILES string of the molecule is CCCCCCCCCC/C=C/Oc1ccc(-c2ncc(CCCCCCCCC)cn2)cc1. The van der Waals surface area contributed by atoms with Gasteiger partial charge in [0.05, 0.1) is 6.26 Å². The molecule has 0 radical (unpaired) electrons. The molecule has 0 aliphatic rings. The average Bonchev–Trinajstić information content (AvgIpc) is 2.87. The Hall–Kier alpha value is -2.16. The highest BCUT2D eigenvalue weighted by Crippen LogP contribution is 2.20. The van der Waals surface area contributed by atoms with E-state index in [1.54, 1.807) is 0 Å². The number of aryl methyl sites for hydroxylation is 1. The molecule has 2 aromatic rings. The van der Waals surface area contributed by atoms with Gasteiger partial charge in [-0.15, -0.1) is 0 Å². The Morgan fingerprint density at radius 3 is 1.76 bits per heavy atom. The third kappa shape index (κ3) is 12.9. The van der Waals surface area contributed by atoms with Gasteiger partial charge in [-0.25, -0.2) is 9.97 Å². The summed E-state index contributed by atoms with van der Waals surface area (Å²) in [6.45, 7) is 4.54. The molecular weight excluding hydrogens is 416 g/mol. The molecule has 0 bridgehead atoms. The molecule has 1 heterocycles. The molecule has 0 amide bonds. The van der Waals surface area contributed by atoms with E-state index in [2.05, 4.69) is 29.9 Å². The lowest BCUT2D eigenvalue weighted by atomic mass is 10.1. The number of hydrogen-bond donors (Lipinski definition) is 0. The minimum Gasteiger partial charge on any atom is -0.465 e. The first-order chi connectivity index (χ1) is 16.8. The van der Waals surface area contributed by atoms with Crippen LogP contribution in [0.2, 0.25) is 0 Å². The summed E-state index contributed by atoms with van der Waals surface area (Å²) in [4.78, 5) is 9.17. The molecule has 0 fully saturated rings. The summed E-state index contributed by atoms with van der Waals surface area (Å²) in [5.74, 6) is 1.63. The topological polar surface area (TPSA) is 35.0 Å². The van der Waals surface area contributed by atoms with Crippen LogP contribution in [0, 0.1) is 0 Å². The van der Waals surface area contributed by atoms with E-state index < -0.39 is 0 Å². The molecule has 0 unspecified atom stereocenters. The maximum absolute atomic E-state index is 5.75. The Morgan fingerprint density at radius 2 is 1.18 bits per heavy atom. The van der Waals surface area contributed by atoms with E-state index in [9.17, 15) is 0 Å². The Bertz CT molecular complexity index is 752. The van der Waals surface area contributed by atoms with Crippen molar-refractivity contribution >= 4 is 0 Å². The van der Waals surface area contributed by atoms with Crippen molar-refractivity contribution in [1.29, 1.82) is 0 Å². The van der Waals surface area contributed by atoms with E-state index >= 15 is 0 Å². The molecule has 0 saturated carbocycles. The summed E-state index contributed by atoms with van der Waals surface area (Å²) < 4.78 is 5.75. The standard InChI is InChI=1S/C31H48N2O/c1-3-5-7-9-11-12-13-15-17-19-25-34-30-23-21-29(22-24-30)31-32-26-28(27-33-31)20-18-16-14-10-8-6-4-2/h19,21-27H,3-18,20H2,1-2H3/b25-19+. The lowest BCUT2D eigenvalue weighted by Crippen LogP contribution is -1.93. The molecule has 3 nitrogen and oxygen atoms in total. The van der Waals surface area contributed by atoms with E-state index in [1.165, 1.54) is 102 Å². The number of benzene rings is 1. The number of allylic oxidation sites excluding steroid dienone is 1. The summed E-state index contributed by atoms with van der Waals surface area (Å²) in [6.07, 6.45) is 30.3. The number of unbranched alkanes of at least 4 members (excludes halogenated alkanes) is 14. The molecule has 34 heavy (non-hydrogen) atoms. The fraction of sp³-hybridized carbons (Fsp3) is 0.613. The molecule has 0 aliphatic carbocycles. The molecule has 0 atom stereocenters. The fourth-order valence-electron chi connectivity index (χ4n) is 4.19. The van der Waals surface area contributed by atoms with Gasteiger partial charge in [-0.3, -0.25) is 0 Å². The lowest BCUT2D eigenvalue weighted by molar-refractivity contribution is 0.477. The first-order valence-electron chi connectivity index (χ1n) is 14.1. The molecule has 0 saturated heterocycles. The predicted molar refractivity (Wildman–Crippen MR) is 146 cm³/mol. The smallest absolute Gasteiger partial charge is 0.159 e. The second-order valence-electron chi connectivity index (χ2n) is 9.56. The molecule has 188 valence electrons. The third-order valence-electron chi connectivity index (χ3n) is 6.41. The van der Waals surface area contributed by atoms with Crippen molar-refractivity contribution in [1.82, 2.24) is 9.97 Å². The van der Waals surface area contributed by atoms with E-state index in [1.807, 2.05) is 42.9 Å². The highest BCUT2D eigenvalue weighted by molar-refractivity contribution is 5.55. The van der Waals surface area contributed by atoms with Crippen LogP contribution < -0.4 is 4.74 Å². The zero-order valence-corrected chi connectivity index (χ0v) is 21.9. The zero-order chi connectivity index (χ0) is 24.1. The van der Waals surface area contributed by atoms with Crippen molar-refractivity contribution in [2.45, 2.75) is 123 Å². The van der Waals surface area contributed by atoms with E-state index in [-0.39, 0.29) is 0 Å². The van der Waals surface area contributed by atoms with Gasteiger partial charge in [-0.1, -0.05) is 97.3 Å². The molecule has 0 aliphatic heterocycles. The lowest BCUT2D eigenvalue weighted by Gasteiger charge is -2.05. The van der Waals surface area contributed by atoms with Crippen LogP contribution in [0.5, 0.6) is 5.75 Å². The first-order valence-corrected chi connectivity index (χ1v) is 14.1. The van der Waals surface area contributed by atoms with Gasteiger partial charge in [0, 0.05) is 18.0 Å². The monoisotopic (exact) mass is 464 g/mol. The Kier molecular flexibility index (Phi) is 15.8. The van der Waals surface area contributed by atoms with Crippen molar-refractivity contribution in [2.24, 2.45) is 0 Å². The fourth-order valence-corrected chi connectivity index (χ4v) is 4.19. The molecular formula is C31H48N2O. The van der Waals surface area contributed by atoms with Crippen molar-refractivity contribution in [3.63, 3.8) is 0 Å². The van der Waals surface area contributed by atoms with Crippen LogP contribution in [0.1, 0.15) is 122 Å². The predicted octanol–water partition coefficient (Wildman–Crippen LogP) is 9.86. The van der Waals surface area contributed by atoms with E-state index in [0.29, 0.717) is 0 Å². The number of nitrogens with zero attached hydrogens (tertiary/aromatic N) is 2. The minimum absolute atomic E-state index is 0.778. The van der Waals surface area contributed by atoms with Gasteiger partial charge in [0.1, 0.15) is 5.75 Å². The molecule has 2 rings (SSSR count). The summed E-state index contributed by atoms with van der Waals surface area (Å²) in [5.41, 5.74) is 2.26. The molecule has 3 heteroatoms. The maximum atomic E-state index is 5.75. The van der Waals surface area contributed by atoms with Gasteiger partial charge in [-0.2, -0.15) is 0 Å². The van der Waals surface area contributed by atoms with Crippen molar-refractivity contribution in [2.75, 3.05) is 0 Å². The summed E-state index contributed by atoms with van der Waals surface area (Å²) in [6, 6.07) is 8.05. The van der Waals surface area contributed by atoms with Crippen LogP contribution >= 0.6 is 0 Å². The Morgan fingerprint density at radius 1 is 0.647 bits per heavy atom. The van der Waals surface area contributed by atoms with Crippen LogP contribution in [0.3, 0.4) is 0 Å². The zero-order valence-electron chi connectivity index (χ0n) is 21.9. The van der Waals surface area contributed by atoms with Gasteiger partial charge in [-0.05, 0) is 61.6 Å². The summed E-state index contributed by atoms with van der Waals surface area (Å²) in [5, 5.41) is 0. The normalized spacial score (nSPS) is 11.4. The van der Waals surface area contributed by atoms with Crippen LogP contribution in [0.15, 0.2) is 49.0 Å². The van der Waals surface area contributed by atoms with Crippen LogP contribution in [-0.4, -0.2) is 9.97 Å². The van der Waals surface area contributed by atoms with Crippen LogP contribution in [0.4, 0.5) is 0 Å². The Balaban J connectivity index is 1.60. The number of ether oxygens (including phenoxy) is 1. The van der Waals surface area contributed by atoms with Crippen molar-refractivity contribution in [3.8, 4) is 17.1 Å². The van der Waals surface area contributed by atoms with E-state index in [0.717, 1.165) is 30.0 Å². The highest BCUT2D eigenvalue weighted by Gasteiger charge is 2.03. The minimum atomic E-state index is 0.778. The van der Waals surface area contributed by atoms with Crippen molar-refractivity contribution < 1.29 is 4.74 Å². The maximum Gasteiger partial charge on any atom is 0.159 e. The summed E-state index contributed by atoms with van der Waals surface area (Å²) in [7, 11) is 0. The first kappa shape index (κ1) is 28.1. The third-order valence-corrected chi connectivity index (χ3v) is 6.41. The molecule has 0 spiro atoms. The van der Waals surface area contributed by atoms with Crippen LogP contribution in [-0.2, 0) is 6.42 Å². The number of aromatic nitrogens is 2. The second kappa shape index (κ2) is 19.2. The van der Waals surface area contributed by atoms with Gasteiger partial charge in [0.25, 0.3) is 0 Å². The number of hydrogen-bond acceptors (Lipinski definition) is 3. The Labute approximate surface area is 209 Å². The summed E-state index contributed by atoms with van der Waals surface area (Å²) >= 11 is 0. The molecule has 0 N–H and O–H groups in total. The second-order valence-corrected chi connectivity index (χ2v) is 9.56.